The number of halogens is 4. The molecule has 35 heavy (non-hydrogen) atoms. The maximum absolute atomic E-state index is 12.9. The summed E-state index contributed by atoms with van der Waals surface area (Å²) in [4.78, 5) is 25.4. The molecule has 0 unspecified atom stereocenters. The van der Waals surface area contributed by atoms with Gasteiger partial charge in [-0.3, -0.25) is 9.59 Å². The van der Waals surface area contributed by atoms with Crippen LogP contribution in [0.4, 0.5) is 5.69 Å². The highest BCUT2D eigenvalue weighted by molar-refractivity contribution is 9.10. The highest BCUT2D eigenvalue weighted by atomic mass is 79.9. The molecule has 0 aliphatic rings. The molecule has 1 heterocycles. The number of aromatic nitrogens is 3. The molecule has 2 N–H and O–H groups in total. The van der Waals surface area contributed by atoms with E-state index in [4.69, 9.17) is 34.8 Å². The fourth-order valence-corrected chi connectivity index (χ4v) is 4.76. The molecule has 3 aromatic rings. The van der Waals surface area contributed by atoms with Gasteiger partial charge < -0.3 is 15.2 Å². The Balaban J connectivity index is 1.72. The van der Waals surface area contributed by atoms with Crippen molar-refractivity contribution in [2.45, 2.75) is 38.5 Å². The molecule has 0 bridgehead atoms. The predicted molar refractivity (Wildman–Crippen MR) is 146 cm³/mol. The van der Waals surface area contributed by atoms with Gasteiger partial charge in [0.1, 0.15) is 0 Å². The summed E-state index contributed by atoms with van der Waals surface area (Å²) in [7, 11) is 0. The van der Waals surface area contributed by atoms with Crippen molar-refractivity contribution in [1.82, 2.24) is 20.1 Å². The number of carbonyl (C=O) groups is 2. The van der Waals surface area contributed by atoms with Crippen LogP contribution in [-0.2, 0) is 11.3 Å². The molecular weight excluding hydrogens is 597 g/mol. The van der Waals surface area contributed by atoms with Crippen molar-refractivity contribution >= 4 is 80.0 Å². The van der Waals surface area contributed by atoms with Gasteiger partial charge in [0.25, 0.3) is 5.91 Å². The second-order valence-electron chi connectivity index (χ2n) is 7.87. The van der Waals surface area contributed by atoms with Crippen LogP contribution in [0.15, 0.2) is 46.0 Å². The lowest BCUT2D eigenvalue weighted by Crippen LogP contribution is -2.33. The fourth-order valence-electron chi connectivity index (χ4n) is 3.23. The number of carbonyl (C=O) groups excluding carboxylic acids is 2. The first-order chi connectivity index (χ1) is 16.6. The van der Waals surface area contributed by atoms with Gasteiger partial charge in [0, 0.05) is 22.3 Å². The topological polar surface area (TPSA) is 88.9 Å². The van der Waals surface area contributed by atoms with Crippen LogP contribution in [0.3, 0.4) is 0 Å². The number of amides is 2. The van der Waals surface area contributed by atoms with Crippen molar-refractivity contribution in [2.24, 2.45) is 5.92 Å². The molecule has 12 heteroatoms. The molecule has 0 saturated carbocycles. The Kier molecular flexibility index (Phi) is 9.89. The first kappa shape index (κ1) is 27.8. The van der Waals surface area contributed by atoms with Gasteiger partial charge in [0.05, 0.1) is 26.9 Å². The van der Waals surface area contributed by atoms with Crippen LogP contribution in [0.1, 0.15) is 43.0 Å². The monoisotopic (exact) mass is 617 g/mol. The number of hydrogen-bond donors (Lipinski definition) is 2. The molecule has 186 valence electrons. The Morgan fingerprint density at radius 3 is 2.43 bits per heavy atom. The van der Waals surface area contributed by atoms with E-state index in [9.17, 15) is 9.59 Å². The normalized spacial score (nSPS) is 12.0. The number of anilines is 1. The maximum Gasteiger partial charge on any atom is 0.251 e. The van der Waals surface area contributed by atoms with E-state index in [1.165, 1.54) is 17.8 Å². The number of hydrogen-bond acceptors (Lipinski definition) is 5. The Labute approximate surface area is 231 Å². The smallest absolute Gasteiger partial charge is 0.251 e. The molecule has 0 spiro atoms. The Morgan fingerprint density at radius 2 is 1.80 bits per heavy atom. The third kappa shape index (κ3) is 7.13. The molecule has 2 amide bonds. The molecule has 0 aliphatic carbocycles. The zero-order valence-corrected chi connectivity index (χ0v) is 23.8. The highest BCUT2D eigenvalue weighted by Crippen LogP contribution is 2.28. The average molecular weight is 620 g/mol. The van der Waals surface area contributed by atoms with Gasteiger partial charge in [-0.15, -0.1) is 10.2 Å². The van der Waals surface area contributed by atoms with Crippen molar-refractivity contribution in [1.29, 1.82) is 0 Å². The molecule has 1 aromatic heterocycles. The standard InChI is InChI=1S/C23H23BrCl3N5O2S/c1-4-32-21(20(12(2)3)29-22(34)13-5-8-16(25)18(27)9-13)30-31-23(32)35-11-19(33)28-14-6-7-15(24)17(26)10-14/h5-10,12,20H,4,11H2,1-3H3,(H,28,33)(H,29,34)/t20-/m0/s1. The zero-order valence-electron chi connectivity index (χ0n) is 19.1. The minimum atomic E-state index is -0.405. The largest absolute Gasteiger partial charge is 0.342 e. The molecular formula is C23H23BrCl3N5O2S. The molecule has 0 saturated heterocycles. The molecule has 1 atom stereocenters. The summed E-state index contributed by atoms with van der Waals surface area (Å²) >= 11 is 22.7. The second kappa shape index (κ2) is 12.5. The number of thioether (sulfide) groups is 1. The predicted octanol–water partition coefficient (Wildman–Crippen LogP) is 6.88. The van der Waals surface area contributed by atoms with Gasteiger partial charge in [0.2, 0.25) is 5.91 Å². The Bertz CT molecular complexity index is 1240. The lowest BCUT2D eigenvalue weighted by molar-refractivity contribution is -0.113. The third-order valence-electron chi connectivity index (χ3n) is 5.01. The van der Waals surface area contributed by atoms with Crippen molar-refractivity contribution in [3.05, 3.63) is 67.3 Å². The zero-order chi connectivity index (χ0) is 25.7. The van der Waals surface area contributed by atoms with E-state index >= 15 is 0 Å². The lowest BCUT2D eigenvalue weighted by Gasteiger charge is -2.22. The summed E-state index contributed by atoms with van der Waals surface area (Å²) in [5, 5.41) is 16.2. The van der Waals surface area contributed by atoms with Gasteiger partial charge in [0.15, 0.2) is 11.0 Å². The molecule has 0 aliphatic heterocycles. The van der Waals surface area contributed by atoms with Crippen molar-refractivity contribution in [2.75, 3.05) is 11.1 Å². The van der Waals surface area contributed by atoms with Crippen molar-refractivity contribution < 1.29 is 9.59 Å². The third-order valence-corrected chi connectivity index (χ3v) is 7.95. The first-order valence-electron chi connectivity index (χ1n) is 10.7. The molecule has 0 fully saturated rings. The van der Waals surface area contributed by atoms with Crippen LogP contribution in [0, 0.1) is 5.92 Å². The maximum atomic E-state index is 12.9. The van der Waals surface area contributed by atoms with Crippen LogP contribution in [-0.4, -0.2) is 32.3 Å². The summed E-state index contributed by atoms with van der Waals surface area (Å²) in [5.74, 6) is 0.273. The van der Waals surface area contributed by atoms with E-state index in [-0.39, 0.29) is 23.5 Å². The van der Waals surface area contributed by atoms with E-state index in [1.54, 1.807) is 30.3 Å². The van der Waals surface area contributed by atoms with Crippen LogP contribution in [0.2, 0.25) is 15.1 Å². The lowest BCUT2D eigenvalue weighted by atomic mass is 10.0. The molecule has 3 rings (SSSR count). The number of rotatable bonds is 9. The molecule has 0 radical (unpaired) electrons. The molecule has 2 aromatic carbocycles. The second-order valence-corrected chi connectivity index (χ2v) is 10.9. The number of nitrogens with one attached hydrogen (secondary N) is 2. The van der Waals surface area contributed by atoms with Gasteiger partial charge in [-0.05, 0) is 65.2 Å². The van der Waals surface area contributed by atoms with Crippen LogP contribution in [0.25, 0.3) is 0 Å². The van der Waals surface area contributed by atoms with Crippen LogP contribution in [0.5, 0.6) is 0 Å². The van der Waals surface area contributed by atoms with E-state index < -0.39 is 6.04 Å². The minimum absolute atomic E-state index is 0.0273. The van der Waals surface area contributed by atoms with E-state index in [2.05, 4.69) is 36.8 Å². The van der Waals surface area contributed by atoms with E-state index in [0.717, 1.165) is 4.47 Å². The van der Waals surface area contributed by atoms with Crippen molar-refractivity contribution in [3.63, 3.8) is 0 Å². The van der Waals surface area contributed by atoms with Crippen molar-refractivity contribution in [3.8, 4) is 0 Å². The fraction of sp³-hybridized carbons (Fsp3) is 0.304. The summed E-state index contributed by atoms with van der Waals surface area (Å²) in [6.07, 6.45) is 0. The van der Waals surface area contributed by atoms with E-state index in [1.807, 2.05) is 25.3 Å². The summed E-state index contributed by atoms with van der Waals surface area (Å²) in [6.45, 7) is 6.50. The van der Waals surface area contributed by atoms with Crippen LogP contribution >= 0.6 is 62.5 Å². The highest BCUT2D eigenvalue weighted by Gasteiger charge is 2.26. The van der Waals surface area contributed by atoms with Gasteiger partial charge in [-0.2, -0.15) is 0 Å². The van der Waals surface area contributed by atoms with E-state index in [0.29, 0.717) is 43.8 Å². The van der Waals surface area contributed by atoms with Gasteiger partial charge in [-0.25, -0.2) is 0 Å². The van der Waals surface area contributed by atoms with Gasteiger partial charge in [-0.1, -0.05) is 60.4 Å². The number of benzene rings is 2. The SMILES string of the molecule is CCn1c(SCC(=O)Nc2ccc(Br)c(Cl)c2)nnc1[C@@H](NC(=O)c1ccc(Cl)c(Cl)c1)C(C)C. The number of nitrogens with zero attached hydrogens (tertiary/aromatic N) is 3. The van der Waals surface area contributed by atoms with Crippen LogP contribution < -0.4 is 10.6 Å². The Hall–Kier alpha value is -1.78. The average Bonchev–Trinajstić information content (AvgIpc) is 3.22. The summed E-state index contributed by atoms with van der Waals surface area (Å²) in [5.41, 5.74) is 0.998. The minimum Gasteiger partial charge on any atom is -0.342 e. The summed E-state index contributed by atoms with van der Waals surface area (Å²) in [6, 6.07) is 9.52. The quantitative estimate of drug-likeness (QED) is 0.255. The Morgan fingerprint density at radius 1 is 1.06 bits per heavy atom. The first-order valence-corrected chi connectivity index (χ1v) is 13.6. The van der Waals surface area contributed by atoms with Gasteiger partial charge >= 0.3 is 0 Å². The summed E-state index contributed by atoms with van der Waals surface area (Å²) < 4.78 is 2.65. The molecule has 7 nitrogen and oxygen atoms in total.